The van der Waals surface area contributed by atoms with Crippen molar-refractivity contribution in [2.24, 2.45) is 11.8 Å². The third kappa shape index (κ3) is 5.43. The van der Waals surface area contributed by atoms with E-state index in [-0.39, 0.29) is 24.9 Å². The first-order valence-corrected chi connectivity index (χ1v) is 9.59. The van der Waals surface area contributed by atoms with Gasteiger partial charge in [0.15, 0.2) is 6.61 Å². The second-order valence-electron chi connectivity index (χ2n) is 7.65. The Hall–Kier alpha value is -2.62. The lowest BCUT2D eigenvalue weighted by Crippen LogP contribution is -2.44. The molecule has 4 heteroatoms. The van der Waals surface area contributed by atoms with Crippen molar-refractivity contribution in [1.29, 1.82) is 0 Å². The smallest absolute Gasteiger partial charge is 0.310 e. The van der Waals surface area contributed by atoms with Crippen molar-refractivity contribution in [2.45, 2.75) is 26.7 Å². The van der Waals surface area contributed by atoms with Crippen LogP contribution < -0.4 is 0 Å². The van der Waals surface area contributed by atoms with Gasteiger partial charge in [0.2, 0.25) is 0 Å². The molecule has 3 rings (SSSR count). The SMILES string of the molecule is CC1CC(C)CN(C(=O)COC(=O)Cc2ccc(-c3ccccc3)cc2)C1. The molecule has 2 aromatic rings. The van der Waals surface area contributed by atoms with E-state index in [0.29, 0.717) is 11.8 Å². The van der Waals surface area contributed by atoms with E-state index < -0.39 is 0 Å². The Morgan fingerprint density at radius 3 is 2.15 bits per heavy atom. The van der Waals surface area contributed by atoms with E-state index in [1.807, 2.05) is 47.4 Å². The van der Waals surface area contributed by atoms with Gasteiger partial charge in [-0.2, -0.15) is 0 Å². The largest absolute Gasteiger partial charge is 0.455 e. The van der Waals surface area contributed by atoms with Crippen molar-refractivity contribution in [3.8, 4) is 11.1 Å². The lowest BCUT2D eigenvalue weighted by molar-refractivity contribution is -0.152. The fourth-order valence-corrected chi connectivity index (χ4v) is 3.76. The highest BCUT2D eigenvalue weighted by atomic mass is 16.5. The van der Waals surface area contributed by atoms with E-state index in [9.17, 15) is 9.59 Å². The first-order valence-electron chi connectivity index (χ1n) is 9.59. The van der Waals surface area contributed by atoms with Crippen molar-refractivity contribution < 1.29 is 14.3 Å². The second kappa shape index (κ2) is 8.85. The number of carbonyl (C=O) groups excluding carboxylic acids is 2. The monoisotopic (exact) mass is 365 g/mol. The van der Waals surface area contributed by atoms with Crippen LogP contribution >= 0.6 is 0 Å². The summed E-state index contributed by atoms with van der Waals surface area (Å²) in [4.78, 5) is 26.2. The number of ether oxygens (including phenoxy) is 1. The van der Waals surface area contributed by atoms with Gasteiger partial charge < -0.3 is 9.64 Å². The van der Waals surface area contributed by atoms with E-state index in [0.717, 1.165) is 36.2 Å². The van der Waals surface area contributed by atoms with Gasteiger partial charge in [-0.15, -0.1) is 0 Å². The Morgan fingerprint density at radius 2 is 1.52 bits per heavy atom. The van der Waals surface area contributed by atoms with Crippen LogP contribution in [0, 0.1) is 11.8 Å². The molecule has 0 saturated carbocycles. The summed E-state index contributed by atoms with van der Waals surface area (Å²) < 4.78 is 5.22. The molecule has 4 nitrogen and oxygen atoms in total. The number of hydrogen-bond donors (Lipinski definition) is 0. The molecule has 2 unspecified atom stereocenters. The summed E-state index contributed by atoms with van der Waals surface area (Å²) in [5.41, 5.74) is 3.13. The van der Waals surface area contributed by atoms with Crippen molar-refractivity contribution >= 4 is 11.9 Å². The van der Waals surface area contributed by atoms with Gasteiger partial charge in [-0.3, -0.25) is 9.59 Å². The number of carbonyl (C=O) groups is 2. The molecule has 1 heterocycles. The third-order valence-corrected chi connectivity index (χ3v) is 4.99. The van der Waals surface area contributed by atoms with Gasteiger partial charge in [0, 0.05) is 13.1 Å². The molecule has 0 spiro atoms. The van der Waals surface area contributed by atoms with Gasteiger partial charge in [-0.05, 0) is 34.9 Å². The van der Waals surface area contributed by atoms with E-state index >= 15 is 0 Å². The van der Waals surface area contributed by atoms with Crippen LogP contribution in [-0.4, -0.2) is 36.5 Å². The highest BCUT2D eigenvalue weighted by molar-refractivity contribution is 5.81. The molecule has 142 valence electrons. The molecule has 1 aliphatic rings. The van der Waals surface area contributed by atoms with Gasteiger partial charge in [0.25, 0.3) is 5.91 Å². The quantitative estimate of drug-likeness (QED) is 0.754. The Morgan fingerprint density at radius 1 is 0.926 bits per heavy atom. The Labute approximate surface area is 161 Å². The zero-order valence-electron chi connectivity index (χ0n) is 16.1. The molecule has 1 fully saturated rings. The van der Waals surface area contributed by atoms with Crippen molar-refractivity contribution in [2.75, 3.05) is 19.7 Å². The predicted molar refractivity (Wildman–Crippen MR) is 106 cm³/mol. The highest BCUT2D eigenvalue weighted by Crippen LogP contribution is 2.21. The fraction of sp³-hybridized carbons (Fsp3) is 0.391. The van der Waals surface area contributed by atoms with E-state index in [2.05, 4.69) is 26.0 Å². The molecular weight excluding hydrogens is 338 g/mol. The zero-order valence-corrected chi connectivity index (χ0v) is 16.1. The van der Waals surface area contributed by atoms with Crippen molar-refractivity contribution in [3.63, 3.8) is 0 Å². The number of piperidine rings is 1. The van der Waals surface area contributed by atoms with Crippen LogP contribution in [0.25, 0.3) is 11.1 Å². The lowest BCUT2D eigenvalue weighted by Gasteiger charge is -2.34. The number of rotatable bonds is 5. The number of amides is 1. The van der Waals surface area contributed by atoms with Crippen LogP contribution in [0.5, 0.6) is 0 Å². The maximum atomic E-state index is 12.3. The summed E-state index contributed by atoms with van der Waals surface area (Å²) in [5, 5.41) is 0. The number of hydrogen-bond acceptors (Lipinski definition) is 3. The second-order valence-corrected chi connectivity index (χ2v) is 7.65. The molecule has 0 radical (unpaired) electrons. The highest BCUT2D eigenvalue weighted by Gasteiger charge is 2.25. The average Bonchev–Trinajstić information content (AvgIpc) is 2.66. The van der Waals surface area contributed by atoms with Crippen LogP contribution in [0.2, 0.25) is 0 Å². The Kier molecular flexibility index (Phi) is 6.28. The van der Waals surface area contributed by atoms with Gasteiger partial charge >= 0.3 is 5.97 Å². The molecular formula is C23H27NO3. The van der Waals surface area contributed by atoms with E-state index in [1.54, 1.807) is 0 Å². The van der Waals surface area contributed by atoms with Crippen LogP contribution in [0.1, 0.15) is 25.8 Å². The molecule has 0 aromatic heterocycles. The standard InChI is InChI=1S/C23H27NO3/c1-17-12-18(2)15-24(14-17)22(25)16-27-23(26)13-19-8-10-21(11-9-19)20-6-4-3-5-7-20/h3-11,17-18H,12-16H2,1-2H3. The van der Waals surface area contributed by atoms with Crippen molar-refractivity contribution in [3.05, 3.63) is 60.2 Å². The molecule has 1 amide bonds. The summed E-state index contributed by atoms with van der Waals surface area (Å²) in [6.07, 6.45) is 1.32. The Bertz CT molecular complexity index is 760. The third-order valence-electron chi connectivity index (χ3n) is 4.99. The van der Waals surface area contributed by atoms with Gasteiger partial charge in [0.05, 0.1) is 6.42 Å². The fourth-order valence-electron chi connectivity index (χ4n) is 3.76. The molecule has 1 saturated heterocycles. The summed E-state index contributed by atoms with van der Waals surface area (Å²) in [6, 6.07) is 18.0. The number of likely N-dealkylation sites (tertiary alicyclic amines) is 1. The average molecular weight is 365 g/mol. The lowest BCUT2D eigenvalue weighted by atomic mass is 9.92. The van der Waals surface area contributed by atoms with Crippen LogP contribution in [0.4, 0.5) is 0 Å². The Balaban J connectivity index is 1.48. The van der Waals surface area contributed by atoms with Crippen LogP contribution in [0.3, 0.4) is 0 Å². The molecule has 0 bridgehead atoms. The molecule has 2 atom stereocenters. The summed E-state index contributed by atoms with van der Waals surface area (Å²) in [7, 11) is 0. The van der Waals surface area contributed by atoms with Crippen LogP contribution in [0.15, 0.2) is 54.6 Å². The van der Waals surface area contributed by atoms with Crippen LogP contribution in [-0.2, 0) is 20.7 Å². The molecule has 2 aromatic carbocycles. The maximum Gasteiger partial charge on any atom is 0.310 e. The van der Waals surface area contributed by atoms with Gasteiger partial charge in [0.1, 0.15) is 0 Å². The predicted octanol–water partition coefficient (Wildman–Crippen LogP) is 3.94. The summed E-state index contributed by atoms with van der Waals surface area (Å²) in [6.45, 7) is 5.64. The molecule has 27 heavy (non-hydrogen) atoms. The number of esters is 1. The van der Waals surface area contributed by atoms with Gasteiger partial charge in [-0.1, -0.05) is 68.4 Å². The normalized spacial score (nSPS) is 19.6. The molecule has 0 aliphatic carbocycles. The zero-order chi connectivity index (χ0) is 19.2. The summed E-state index contributed by atoms with van der Waals surface area (Å²) >= 11 is 0. The minimum atomic E-state index is -0.367. The minimum Gasteiger partial charge on any atom is -0.455 e. The number of nitrogens with zero attached hydrogens (tertiary/aromatic N) is 1. The minimum absolute atomic E-state index is 0.0961. The summed E-state index contributed by atoms with van der Waals surface area (Å²) in [5.74, 6) is 0.531. The maximum absolute atomic E-state index is 12.3. The van der Waals surface area contributed by atoms with E-state index in [1.165, 1.54) is 0 Å². The first-order chi connectivity index (χ1) is 13.0. The topological polar surface area (TPSA) is 46.6 Å². The number of benzene rings is 2. The van der Waals surface area contributed by atoms with Gasteiger partial charge in [-0.25, -0.2) is 0 Å². The van der Waals surface area contributed by atoms with Crippen molar-refractivity contribution in [1.82, 2.24) is 4.90 Å². The molecule has 1 aliphatic heterocycles. The van der Waals surface area contributed by atoms with E-state index in [4.69, 9.17) is 4.74 Å². The first kappa shape index (κ1) is 19.2. The molecule has 0 N–H and O–H groups in total.